The first-order valence-electron chi connectivity index (χ1n) is 6.38. The Morgan fingerprint density at radius 1 is 1.26 bits per heavy atom. The Bertz CT molecular complexity index is 626. The van der Waals surface area contributed by atoms with E-state index >= 15 is 0 Å². The summed E-state index contributed by atoms with van der Waals surface area (Å²) in [4.78, 5) is 3.95. The van der Waals surface area contributed by atoms with E-state index in [2.05, 4.69) is 4.98 Å². The molecule has 0 amide bonds. The van der Waals surface area contributed by atoms with Gasteiger partial charge in [0.25, 0.3) is 0 Å². The maximum absolute atomic E-state index is 13.7. The number of rotatable bonds is 1. The van der Waals surface area contributed by atoms with Crippen LogP contribution in [0.5, 0.6) is 0 Å². The lowest BCUT2D eigenvalue weighted by Crippen LogP contribution is -2.28. The molecule has 0 radical (unpaired) electrons. The summed E-state index contributed by atoms with van der Waals surface area (Å²) in [5, 5.41) is 10.1. The number of halogens is 2. The lowest BCUT2D eigenvalue weighted by atomic mass is 9.92. The molecule has 2 aromatic rings. The monoisotopic (exact) mass is 267 g/mol. The van der Waals surface area contributed by atoms with Crippen molar-refractivity contribution in [2.24, 2.45) is 0 Å². The Labute approximate surface area is 108 Å². The van der Waals surface area contributed by atoms with Crippen molar-refractivity contribution in [2.75, 3.05) is 5.73 Å². The van der Waals surface area contributed by atoms with Gasteiger partial charge in [-0.3, -0.25) is 0 Å². The summed E-state index contributed by atoms with van der Waals surface area (Å²) in [5.41, 5.74) is 6.18. The highest BCUT2D eigenvalue weighted by molar-refractivity contribution is 5.79. The van der Waals surface area contributed by atoms with Gasteiger partial charge in [-0.25, -0.2) is 13.8 Å². The van der Waals surface area contributed by atoms with Crippen molar-refractivity contribution in [3.05, 3.63) is 23.8 Å². The topological polar surface area (TPSA) is 64.1 Å². The zero-order chi connectivity index (χ0) is 13.6. The van der Waals surface area contributed by atoms with E-state index < -0.39 is 17.7 Å². The second kappa shape index (κ2) is 4.45. The minimum absolute atomic E-state index is 0.0525. The highest BCUT2D eigenvalue weighted by atomic mass is 19.1. The van der Waals surface area contributed by atoms with Crippen LogP contribution < -0.4 is 5.73 Å². The van der Waals surface area contributed by atoms with Gasteiger partial charge in [0.1, 0.15) is 11.3 Å². The van der Waals surface area contributed by atoms with Crippen LogP contribution >= 0.6 is 0 Å². The molecule has 0 spiro atoms. The maximum Gasteiger partial charge on any atom is 0.201 e. The molecule has 1 saturated carbocycles. The molecule has 2 unspecified atom stereocenters. The number of aromatic nitrogens is 2. The van der Waals surface area contributed by atoms with E-state index in [0.717, 1.165) is 25.3 Å². The minimum atomic E-state index is -0.731. The van der Waals surface area contributed by atoms with E-state index in [9.17, 15) is 13.9 Å². The number of aliphatic hydroxyl groups excluding tert-OH is 1. The fraction of sp³-hybridized carbons (Fsp3) is 0.462. The molecule has 2 atom stereocenters. The Morgan fingerprint density at radius 2 is 2.00 bits per heavy atom. The second-order valence-corrected chi connectivity index (χ2v) is 5.01. The number of fused-ring (bicyclic) bond motifs is 1. The molecule has 0 bridgehead atoms. The van der Waals surface area contributed by atoms with Crippen molar-refractivity contribution in [3.63, 3.8) is 0 Å². The Balaban J connectivity index is 2.19. The molecule has 1 heterocycles. The standard InChI is InChI=1S/C13H15F2N3O/c14-7-5-8(15)12-10(6-7)18(13(16)17-12)9-3-1-2-4-11(9)19/h5-6,9,11,19H,1-4H2,(H2,16,17). The van der Waals surface area contributed by atoms with Gasteiger partial charge >= 0.3 is 0 Å². The molecule has 4 nitrogen and oxygen atoms in total. The van der Waals surface area contributed by atoms with Crippen molar-refractivity contribution in [1.29, 1.82) is 0 Å². The fourth-order valence-electron chi connectivity index (χ4n) is 2.88. The van der Waals surface area contributed by atoms with Crippen molar-refractivity contribution in [2.45, 2.75) is 37.8 Å². The average molecular weight is 267 g/mol. The number of hydrogen-bond acceptors (Lipinski definition) is 3. The van der Waals surface area contributed by atoms with E-state index in [1.54, 1.807) is 4.57 Å². The normalized spacial score (nSPS) is 23.9. The van der Waals surface area contributed by atoms with Crippen LogP contribution in [0, 0.1) is 11.6 Å². The molecule has 0 aliphatic heterocycles. The number of benzene rings is 1. The van der Waals surface area contributed by atoms with E-state index in [0.29, 0.717) is 11.9 Å². The number of nitrogens with zero attached hydrogens (tertiary/aromatic N) is 2. The fourth-order valence-corrected chi connectivity index (χ4v) is 2.88. The van der Waals surface area contributed by atoms with Crippen molar-refractivity contribution < 1.29 is 13.9 Å². The number of imidazole rings is 1. The first-order chi connectivity index (χ1) is 9.08. The Hall–Kier alpha value is -1.69. The molecule has 19 heavy (non-hydrogen) atoms. The highest BCUT2D eigenvalue weighted by Crippen LogP contribution is 2.34. The number of anilines is 1. The molecular weight excluding hydrogens is 252 g/mol. The van der Waals surface area contributed by atoms with Gasteiger partial charge in [0.2, 0.25) is 5.95 Å². The summed E-state index contributed by atoms with van der Waals surface area (Å²) in [6.07, 6.45) is 2.75. The lowest BCUT2D eigenvalue weighted by molar-refractivity contribution is 0.0783. The predicted octanol–water partition coefficient (Wildman–Crippen LogP) is 2.37. The van der Waals surface area contributed by atoms with Crippen molar-refractivity contribution >= 4 is 17.0 Å². The number of aliphatic hydroxyl groups is 1. The molecule has 1 aromatic carbocycles. The third-order valence-corrected chi connectivity index (χ3v) is 3.77. The van der Waals surface area contributed by atoms with Gasteiger partial charge in [0.15, 0.2) is 5.82 Å². The van der Waals surface area contributed by atoms with Gasteiger partial charge < -0.3 is 15.4 Å². The molecule has 1 aliphatic rings. The zero-order valence-electron chi connectivity index (χ0n) is 10.3. The predicted molar refractivity (Wildman–Crippen MR) is 67.6 cm³/mol. The van der Waals surface area contributed by atoms with Gasteiger partial charge in [-0.2, -0.15) is 0 Å². The molecule has 3 N–H and O–H groups in total. The average Bonchev–Trinajstić information content (AvgIpc) is 2.67. The van der Waals surface area contributed by atoms with E-state index in [-0.39, 0.29) is 17.5 Å². The summed E-state index contributed by atoms with van der Waals surface area (Å²) in [7, 11) is 0. The molecule has 1 aliphatic carbocycles. The second-order valence-electron chi connectivity index (χ2n) is 5.01. The quantitative estimate of drug-likeness (QED) is 0.833. The summed E-state index contributed by atoms with van der Waals surface area (Å²) < 4.78 is 28.6. The van der Waals surface area contributed by atoms with Gasteiger partial charge in [-0.05, 0) is 12.8 Å². The summed E-state index contributed by atoms with van der Waals surface area (Å²) in [5.74, 6) is -1.28. The molecule has 3 rings (SSSR count). The molecule has 1 fully saturated rings. The largest absolute Gasteiger partial charge is 0.391 e. The third-order valence-electron chi connectivity index (χ3n) is 3.77. The molecule has 102 valence electrons. The first kappa shape index (κ1) is 12.3. The molecule has 0 saturated heterocycles. The van der Waals surface area contributed by atoms with Crippen LogP contribution in [-0.2, 0) is 0 Å². The van der Waals surface area contributed by atoms with Gasteiger partial charge in [0, 0.05) is 12.1 Å². The van der Waals surface area contributed by atoms with Crippen LogP contribution in [0.25, 0.3) is 11.0 Å². The number of nitrogens with two attached hydrogens (primary N) is 1. The highest BCUT2D eigenvalue weighted by Gasteiger charge is 2.28. The van der Waals surface area contributed by atoms with Crippen LogP contribution in [0.4, 0.5) is 14.7 Å². The van der Waals surface area contributed by atoms with E-state index in [1.165, 1.54) is 6.07 Å². The van der Waals surface area contributed by atoms with Crippen LogP contribution in [0.2, 0.25) is 0 Å². The summed E-state index contributed by atoms with van der Waals surface area (Å²) >= 11 is 0. The molecule has 6 heteroatoms. The van der Waals surface area contributed by atoms with Gasteiger partial charge in [-0.1, -0.05) is 12.8 Å². The minimum Gasteiger partial charge on any atom is -0.391 e. The van der Waals surface area contributed by atoms with Crippen LogP contribution in [0.1, 0.15) is 31.7 Å². The van der Waals surface area contributed by atoms with E-state index in [4.69, 9.17) is 5.73 Å². The van der Waals surface area contributed by atoms with Crippen molar-refractivity contribution in [1.82, 2.24) is 9.55 Å². The van der Waals surface area contributed by atoms with Crippen molar-refractivity contribution in [3.8, 4) is 0 Å². The zero-order valence-corrected chi connectivity index (χ0v) is 10.3. The Kier molecular flexibility index (Phi) is 2.89. The SMILES string of the molecule is Nc1nc2c(F)cc(F)cc2n1C1CCCCC1O. The summed E-state index contributed by atoms with van der Waals surface area (Å²) in [6, 6.07) is 1.74. The smallest absolute Gasteiger partial charge is 0.201 e. The van der Waals surface area contributed by atoms with Gasteiger partial charge in [-0.15, -0.1) is 0 Å². The van der Waals surface area contributed by atoms with Crippen LogP contribution in [0.3, 0.4) is 0 Å². The number of nitrogen functional groups attached to an aromatic ring is 1. The first-order valence-corrected chi connectivity index (χ1v) is 6.38. The molecular formula is C13H15F2N3O. The third kappa shape index (κ3) is 1.96. The summed E-state index contributed by atoms with van der Waals surface area (Å²) in [6.45, 7) is 0. The maximum atomic E-state index is 13.7. The number of hydrogen-bond donors (Lipinski definition) is 2. The Morgan fingerprint density at radius 3 is 2.74 bits per heavy atom. The lowest BCUT2D eigenvalue weighted by Gasteiger charge is -2.29. The van der Waals surface area contributed by atoms with Crippen LogP contribution in [-0.4, -0.2) is 20.8 Å². The van der Waals surface area contributed by atoms with Gasteiger partial charge in [0.05, 0.1) is 17.7 Å². The molecule has 1 aromatic heterocycles. The van der Waals surface area contributed by atoms with Crippen LogP contribution in [0.15, 0.2) is 12.1 Å². The van der Waals surface area contributed by atoms with E-state index in [1.807, 2.05) is 0 Å².